The monoisotopic (exact) mass is 208 g/mol. The molecule has 1 aromatic rings. The summed E-state index contributed by atoms with van der Waals surface area (Å²) in [5.74, 6) is 0.601. The molecule has 0 aliphatic carbocycles. The molecule has 2 atom stereocenters. The molecule has 0 spiro atoms. The van der Waals surface area contributed by atoms with Crippen molar-refractivity contribution in [1.29, 1.82) is 0 Å². The van der Waals surface area contributed by atoms with Crippen LogP contribution in [0.3, 0.4) is 0 Å². The molecule has 1 rings (SSSR count). The third-order valence-electron chi connectivity index (χ3n) is 2.78. The van der Waals surface area contributed by atoms with E-state index in [1.54, 1.807) is 0 Å². The average molecular weight is 208 g/mol. The Morgan fingerprint density at radius 1 is 1.27 bits per heavy atom. The minimum atomic E-state index is 0.163. The number of aliphatic hydroxyl groups excluding tert-OH is 1. The first-order valence-corrected chi connectivity index (χ1v) is 5.33. The molecule has 0 heterocycles. The van der Waals surface area contributed by atoms with E-state index < -0.39 is 0 Å². The van der Waals surface area contributed by atoms with Crippen LogP contribution in [0.4, 0.5) is 5.69 Å². The molecule has 2 unspecified atom stereocenters. The highest BCUT2D eigenvalue weighted by Crippen LogP contribution is 2.23. The number of hydrogen-bond acceptors (Lipinski definition) is 3. The zero-order chi connectivity index (χ0) is 11.3. The summed E-state index contributed by atoms with van der Waals surface area (Å²) in [7, 11) is 0. The lowest BCUT2D eigenvalue weighted by Crippen LogP contribution is -2.20. The molecule has 0 amide bonds. The topological polar surface area (TPSA) is 72.3 Å². The van der Waals surface area contributed by atoms with Crippen molar-refractivity contribution in [1.82, 2.24) is 0 Å². The second kappa shape index (κ2) is 5.73. The summed E-state index contributed by atoms with van der Waals surface area (Å²) in [4.78, 5) is 0. The van der Waals surface area contributed by atoms with E-state index in [-0.39, 0.29) is 12.5 Å². The van der Waals surface area contributed by atoms with Crippen LogP contribution in [0.1, 0.15) is 24.8 Å². The average Bonchev–Trinajstić information content (AvgIpc) is 2.26. The Bertz CT molecular complexity index is 280. The van der Waals surface area contributed by atoms with Crippen LogP contribution in [0.25, 0.3) is 0 Å². The van der Waals surface area contributed by atoms with Gasteiger partial charge in [0.15, 0.2) is 0 Å². The fourth-order valence-corrected chi connectivity index (χ4v) is 1.71. The van der Waals surface area contributed by atoms with Gasteiger partial charge in [-0.3, -0.25) is 0 Å². The molecule has 0 aromatic heterocycles. The molecule has 3 heteroatoms. The fourth-order valence-electron chi connectivity index (χ4n) is 1.71. The van der Waals surface area contributed by atoms with E-state index in [1.807, 2.05) is 24.3 Å². The highest BCUT2D eigenvalue weighted by molar-refractivity contribution is 5.40. The van der Waals surface area contributed by atoms with Crippen molar-refractivity contribution in [3.05, 3.63) is 29.8 Å². The van der Waals surface area contributed by atoms with Gasteiger partial charge in [-0.05, 0) is 42.5 Å². The molecule has 0 fully saturated rings. The molecule has 1 aromatic carbocycles. The van der Waals surface area contributed by atoms with Crippen LogP contribution in [0, 0.1) is 5.92 Å². The van der Waals surface area contributed by atoms with E-state index in [0.717, 1.165) is 12.1 Å². The SMILES string of the molecule is CC(CC(CN)CO)c1ccc(N)cc1. The number of hydrogen-bond donors (Lipinski definition) is 3. The Morgan fingerprint density at radius 3 is 2.33 bits per heavy atom. The normalized spacial score (nSPS) is 14.9. The van der Waals surface area contributed by atoms with Crippen LogP contribution >= 0.6 is 0 Å². The largest absolute Gasteiger partial charge is 0.399 e. The van der Waals surface area contributed by atoms with Crippen molar-refractivity contribution in [2.75, 3.05) is 18.9 Å². The maximum atomic E-state index is 9.07. The van der Waals surface area contributed by atoms with Crippen molar-refractivity contribution in [2.24, 2.45) is 11.7 Å². The Hall–Kier alpha value is -1.06. The third kappa shape index (κ3) is 3.53. The Labute approximate surface area is 91.1 Å². The number of nitrogens with two attached hydrogens (primary N) is 2. The predicted molar refractivity (Wildman–Crippen MR) is 63.5 cm³/mol. The first-order chi connectivity index (χ1) is 7.17. The number of rotatable bonds is 5. The van der Waals surface area contributed by atoms with Crippen LogP contribution in [-0.2, 0) is 0 Å². The maximum absolute atomic E-state index is 9.07. The molecule has 0 radical (unpaired) electrons. The van der Waals surface area contributed by atoms with E-state index in [0.29, 0.717) is 12.5 Å². The summed E-state index contributed by atoms with van der Waals surface area (Å²) in [6, 6.07) is 7.88. The van der Waals surface area contributed by atoms with Crippen molar-refractivity contribution in [2.45, 2.75) is 19.3 Å². The van der Waals surface area contributed by atoms with Crippen molar-refractivity contribution in [3.63, 3.8) is 0 Å². The van der Waals surface area contributed by atoms with Crippen molar-refractivity contribution < 1.29 is 5.11 Å². The van der Waals surface area contributed by atoms with Gasteiger partial charge in [-0.1, -0.05) is 19.1 Å². The standard InChI is InChI=1S/C12H20N2O/c1-9(6-10(7-13)8-15)11-2-4-12(14)5-3-11/h2-5,9-10,15H,6-8,13-14H2,1H3. The van der Waals surface area contributed by atoms with Gasteiger partial charge >= 0.3 is 0 Å². The Balaban J connectivity index is 2.60. The van der Waals surface area contributed by atoms with Crippen molar-refractivity contribution in [3.8, 4) is 0 Å². The van der Waals surface area contributed by atoms with Crippen LogP contribution < -0.4 is 11.5 Å². The number of anilines is 1. The lowest BCUT2D eigenvalue weighted by atomic mass is 9.90. The minimum Gasteiger partial charge on any atom is -0.399 e. The smallest absolute Gasteiger partial charge is 0.0471 e. The molecule has 0 saturated carbocycles. The van der Waals surface area contributed by atoms with Gasteiger partial charge < -0.3 is 16.6 Å². The van der Waals surface area contributed by atoms with Crippen LogP contribution in [0.5, 0.6) is 0 Å². The predicted octanol–water partition coefficient (Wildman–Crippen LogP) is 1.33. The highest BCUT2D eigenvalue weighted by Gasteiger charge is 2.12. The van der Waals surface area contributed by atoms with Gasteiger partial charge in [0.25, 0.3) is 0 Å². The summed E-state index contributed by atoms with van der Waals surface area (Å²) in [6.45, 7) is 2.84. The van der Waals surface area contributed by atoms with Gasteiger partial charge in [0, 0.05) is 12.3 Å². The summed E-state index contributed by atoms with van der Waals surface area (Å²) >= 11 is 0. The lowest BCUT2D eigenvalue weighted by Gasteiger charge is -2.17. The second-order valence-corrected chi connectivity index (χ2v) is 4.09. The molecule has 0 aliphatic heterocycles. The summed E-state index contributed by atoms with van der Waals surface area (Å²) < 4.78 is 0. The number of benzene rings is 1. The van der Waals surface area contributed by atoms with Gasteiger partial charge in [0.1, 0.15) is 0 Å². The number of aliphatic hydroxyl groups is 1. The van der Waals surface area contributed by atoms with E-state index in [2.05, 4.69) is 6.92 Å². The first-order valence-electron chi connectivity index (χ1n) is 5.33. The first kappa shape index (κ1) is 12.0. The molecule has 5 N–H and O–H groups in total. The Kier molecular flexibility index (Phi) is 4.59. The minimum absolute atomic E-state index is 0.163. The van der Waals surface area contributed by atoms with E-state index in [1.165, 1.54) is 5.56 Å². The van der Waals surface area contributed by atoms with Gasteiger partial charge in [0.2, 0.25) is 0 Å². The molecule has 84 valence electrons. The zero-order valence-corrected chi connectivity index (χ0v) is 9.19. The van der Waals surface area contributed by atoms with Gasteiger partial charge in [-0.2, -0.15) is 0 Å². The molecule has 0 saturated heterocycles. The summed E-state index contributed by atoms with van der Waals surface area (Å²) in [5.41, 5.74) is 13.2. The quantitative estimate of drug-likeness (QED) is 0.639. The highest BCUT2D eigenvalue weighted by atomic mass is 16.3. The van der Waals surface area contributed by atoms with Crippen LogP contribution in [0.15, 0.2) is 24.3 Å². The molecule has 15 heavy (non-hydrogen) atoms. The van der Waals surface area contributed by atoms with Crippen LogP contribution in [0.2, 0.25) is 0 Å². The van der Waals surface area contributed by atoms with Gasteiger partial charge in [-0.25, -0.2) is 0 Å². The molecule has 3 nitrogen and oxygen atoms in total. The molecule has 0 bridgehead atoms. The number of nitrogen functional groups attached to an aromatic ring is 1. The zero-order valence-electron chi connectivity index (χ0n) is 9.19. The van der Waals surface area contributed by atoms with Gasteiger partial charge in [0.05, 0.1) is 0 Å². The van der Waals surface area contributed by atoms with Crippen LogP contribution in [-0.4, -0.2) is 18.3 Å². The van der Waals surface area contributed by atoms with Crippen molar-refractivity contribution >= 4 is 5.69 Å². The molecular weight excluding hydrogens is 188 g/mol. The van der Waals surface area contributed by atoms with E-state index >= 15 is 0 Å². The van der Waals surface area contributed by atoms with E-state index in [4.69, 9.17) is 16.6 Å². The molecular formula is C12H20N2O. The summed E-state index contributed by atoms with van der Waals surface area (Å²) in [5, 5.41) is 9.07. The van der Waals surface area contributed by atoms with Gasteiger partial charge in [-0.15, -0.1) is 0 Å². The fraction of sp³-hybridized carbons (Fsp3) is 0.500. The Morgan fingerprint density at radius 2 is 1.87 bits per heavy atom. The summed E-state index contributed by atoms with van der Waals surface area (Å²) in [6.07, 6.45) is 0.914. The third-order valence-corrected chi connectivity index (χ3v) is 2.78. The van der Waals surface area contributed by atoms with E-state index in [9.17, 15) is 0 Å². The second-order valence-electron chi connectivity index (χ2n) is 4.09. The lowest BCUT2D eigenvalue weighted by molar-refractivity contribution is 0.217. The maximum Gasteiger partial charge on any atom is 0.0471 e. The molecule has 0 aliphatic rings.